The van der Waals surface area contributed by atoms with Crippen LogP contribution in [0, 0.1) is 18.2 Å². The number of hydrogen-bond donors (Lipinski definition) is 2. The number of alkyl halides is 1. The highest BCUT2D eigenvalue weighted by molar-refractivity contribution is 6.06. The van der Waals surface area contributed by atoms with Crippen LogP contribution < -0.4 is 15.0 Å². The largest absolute Gasteiger partial charge is 0.508 e. The molecule has 47 heavy (non-hydrogen) atoms. The number of terminal acetylenes is 1. The van der Waals surface area contributed by atoms with Gasteiger partial charge in [0.05, 0.1) is 16.6 Å². The first-order valence-corrected chi connectivity index (χ1v) is 16.1. The van der Waals surface area contributed by atoms with Gasteiger partial charge in [0.25, 0.3) is 0 Å². The lowest BCUT2D eigenvalue weighted by atomic mass is 9.93. The number of phenolic OH excluding ortho intramolecular Hbond substituents is 1. The monoisotopic (exact) mass is 633 g/mol. The lowest BCUT2D eigenvalue weighted by Gasteiger charge is -2.37. The Kier molecular flexibility index (Phi) is 6.27. The number of ether oxygens (including phenoxy) is 1. The van der Waals surface area contributed by atoms with Crippen molar-refractivity contribution in [2.45, 2.75) is 49.5 Å². The third-order valence-electron chi connectivity index (χ3n) is 10.5. The average molecular weight is 634 g/mol. The predicted molar refractivity (Wildman–Crippen MR) is 176 cm³/mol. The molecule has 0 amide bonds. The Morgan fingerprint density at radius 1 is 1.15 bits per heavy atom. The van der Waals surface area contributed by atoms with E-state index in [4.69, 9.17) is 26.1 Å². The number of hydrogen-bond acceptors (Lipinski definition) is 8. The second-order valence-electron chi connectivity index (χ2n) is 13.5. The van der Waals surface area contributed by atoms with E-state index in [2.05, 4.69) is 27.6 Å². The number of nitrogens with one attached hydrogen (secondary N) is 1. The summed E-state index contributed by atoms with van der Waals surface area (Å²) in [5.41, 5.74) is 3.84. The zero-order chi connectivity index (χ0) is 32.0. The zero-order valence-electron chi connectivity index (χ0n) is 25.7. The van der Waals surface area contributed by atoms with E-state index in [1.165, 1.54) is 6.07 Å². The Hall–Kier alpha value is -4.79. The van der Waals surface area contributed by atoms with Crippen molar-refractivity contribution in [3.63, 3.8) is 0 Å². The summed E-state index contributed by atoms with van der Waals surface area (Å²) >= 11 is 0. The highest BCUT2D eigenvalue weighted by Gasteiger charge is 2.51. The molecule has 11 heteroatoms. The molecular weight excluding hydrogens is 600 g/mol. The van der Waals surface area contributed by atoms with Crippen LogP contribution in [0.15, 0.2) is 54.9 Å². The molecular formula is C36H33F2N7O2. The van der Waals surface area contributed by atoms with Gasteiger partial charge in [-0.2, -0.15) is 9.97 Å². The van der Waals surface area contributed by atoms with Crippen molar-refractivity contribution in [2.24, 2.45) is 0 Å². The molecule has 4 aliphatic heterocycles. The average Bonchev–Trinajstić information content (AvgIpc) is 3.78. The van der Waals surface area contributed by atoms with Crippen molar-refractivity contribution in [3.8, 4) is 35.2 Å². The van der Waals surface area contributed by atoms with E-state index in [1.54, 1.807) is 24.4 Å². The van der Waals surface area contributed by atoms with Gasteiger partial charge >= 0.3 is 6.01 Å². The number of piperazine rings is 1. The van der Waals surface area contributed by atoms with Crippen LogP contribution in [-0.4, -0.2) is 85.9 Å². The highest BCUT2D eigenvalue weighted by Crippen LogP contribution is 2.44. The van der Waals surface area contributed by atoms with Crippen LogP contribution in [0.2, 0.25) is 0 Å². The third kappa shape index (κ3) is 4.31. The molecule has 0 aliphatic carbocycles. The van der Waals surface area contributed by atoms with Crippen LogP contribution in [0.4, 0.5) is 14.6 Å². The lowest BCUT2D eigenvalue weighted by molar-refractivity contribution is 0.107. The van der Waals surface area contributed by atoms with Crippen LogP contribution >= 0.6 is 0 Å². The fourth-order valence-electron chi connectivity index (χ4n) is 8.65. The third-order valence-corrected chi connectivity index (χ3v) is 10.5. The molecule has 2 aromatic carbocycles. The fourth-order valence-corrected chi connectivity index (χ4v) is 8.65. The van der Waals surface area contributed by atoms with Crippen LogP contribution in [0.5, 0.6) is 11.8 Å². The van der Waals surface area contributed by atoms with Gasteiger partial charge in [0.1, 0.15) is 35.5 Å². The number of aromatic hydroxyl groups is 1. The van der Waals surface area contributed by atoms with Gasteiger partial charge in [-0.05, 0) is 54.5 Å². The molecule has 4 saturated heterocycles. The first kappa shape index (κ1) is 28.4. The zero-order valence-corrected chi connectivity index (χ0v) is 25.7. The van der Waals surface area contributed by atoms with Crippen molar-refractivity contribution in [1.29, 1.82) is 0 Å². The minimum Gasteiger partial charge on any atom is -0.508 e. The van der Waals surface area contributed by atoms with E-state index in [0.29, 0.717) is 59.0 Å². The van der Waals surface area contributed by atoms with Crippen LogP contribution in [0.3, 0.4) is 0 Å². The van der Waals surface area contributed by atoms with E-state index < -0.39 is 17.5 Å². The van der Waals surface area contributed by atoms with Crippen LogP contribution in [0.1, 0.15) is 31.2 Å². The van der Waals surface area contributed by atoms with Gasteiger partial charge in [0, 0.05) is 68.0 Å². The van der Waals surface area contributed by atoms with Gasteiger partial charge in [-0.25, -0.2) is 13.8 Å². The number of fused-ring (bicyclic) bond motifs is 7. The normalized spacial score (nSPS) is 25.7. The Labute approximate surface area is 269 Å². The van der Waals surface area contributed by atoms with Gasteiger partial charge in [0.15, 0.2) is 5.82 Å². The highest BCUT2D eigenvalue weighted by atomic mass is 19.1. The first-order valence-electron chi connectivity index (χ1n) is 16.1. The summed E-state index contributed by atoms with van der Waals surface area (Å²) in [6.45, 7) is 7.15. The number of pyridine rings is 1. The van der Waals surface area contributed by atoms with Crippen molar-refractivity contribution in [3.05, 3.63) is 66.3 Å². The van der Waals surface area contributed by atoms with Crippen molar-refractivity contribution < 1.29 is 18.6 Å². The van der Waals surface area contributed by atoms with Gasteiger partial charge in [0.2, 0.25) is 0 Å². The molecule has 5 aromatic rings. The molecule has 7 heterocycles. The molecule has 238 valence electrons. The van der Waals surface area contributed by atoms with Crippen molar-refractivity contribution in [2.75, 3.05) is 37.7 Å². The smallest absolute Gasteiger partial charge is 0.319 e. The molecule has 2 bridgehead atoms. The van der Waals surface area contributed by atoms with E-state index >= 15 is 4.39 Å². The summed E-state index contributed by atoms with van der Waals surface area (Å²) in [6.07, 6.45) is 11.6. The van der Waals surface area contributed by atoms with Gasteiger partial charge < -0.3 is 20.1 Å². The standard InChI is InChI=1S/C36H33F2N7O2/c1-3-26-29(38)7-4-21-10-25(46)11-27(31(21)26)28-12-30-32(44-9-8-40-33(28)44)34(45-23-5-6-24(45)16-39-15-23)42-35(41-30)47-19-36-13-20(2)17-43(36)18-22(37)14-36/h1,4,7-12,22-24,39,46H,2,5-6,13-19H2/t22-,23-,24+,36+/m0/s1. The maximum Gasteiger partial charge on any atom is 0.319 e. The van der Waals surface area contributed by atoms with E-state index in [0.717, 1.165) is 42.8 Å². The molecule has 2 N–H and O–H groups in total. The summed E-state index contributed by atoms with van der Waals surface area (Å²) in [5.74, 6) is 2.76. The van der Waals surface area contributed by atoms with Gasteiger partial charge in [-0.1, -0.05) is 24.1 Å². The summed E-state index contributed by atoms with van der Waals surface area (Å²) in [4.78, 5) is 19.3. The Morgan fingerprint density at radius 3 is 2.79 bits per heavy atom. The second kappa shape index (κ2) is 10.4. The number of aromatic nitrogens is 4. The SMILES string of the molecule is C#Cc1c(F)ccc2cc(O)cc(-c3cc4nc(OC[C@]56CC(=C)CN5C[C@@H](F)C6)nc(N5[C@@H]6CC[C@H]5CNC6)c4n4ccnc34)c12. The quantitative estimate of drug-likeness (QED) is 0.207. The maximum atomic E-state index is 15.1. The first-order chi connectivity index (χ1) is 22.8. The van der Waals surface area contributed by atoms with Gasteiger partial charge in [-0.3, -0.25) is 9.30 Å². The molecule has 0 saturated carbocycles. The molecule has 9 rings (SSSR count). The minimum absolute atomic E-state index is 0.0152. The molecule has 4 fully saturated rings. The van der Waals surface area contributed by atoms with Crippen molar-refractivity contribution >= 4 is 33.3 Å². The molecule has 4 atom stereocenters. The number of nitrogens with zero attached hydrogens (tertiary/aromatic N) is 6. The molecule has 9 nitrogen and oxygen atoms in total. The summed E-state index contributed by atoms with van der Waals surface area (Å²) < 4.78 is 38.1. The van der Waals surface area contributed by atoms with E-state index in [1.807, 2.05) is 16.7 Å². The van der Waals surface area contributed by atoms with Crippen LogP contribution in [0.25, 0.3) is 38.6 Å². The molecule has 3 aromatic heterocycles. The predicted octanol–water partition coefficient (Wildman–Crippen LogP) is 4.99. The Balaban J connectivity index is 1.26. The summed E-state index contributed by atoms with van der Waals surface area (Å²) in [6, 6.07) is 8.69. The van der Waals surface area contributed by atoms with Gasteiger partial charge in [-0.15, -0.1) is 6.42 Å². The minimum atomic E-state index is -0.914. The van der Waals surface area contributed by atoms with E-state index in [-0.39, 0.29) is 36.0 Å². The summed E-state index contributed by atoms with van der Waals surface area (Å²) in [7, 11) is 0. The Bertz CT molecular complexity index is 2160. The topological polar surface area (TPSA) is 91.1 Å². The number of halogens is 2. The number of imidazole rings is 1. The fraction of sp³-hybridized carbons (Fsp3) is 0.361. The molecule has 0 spiro atoms. The van der Waals surface area contributed by atoms with E-state index in [9.17, 15) is 9.50 Å². The molecule has 0 radical (unpaired) electrons. The van der Waals surface area contributed by atoms with Crippen molar-refractivity contribution in [1.82, 2.24) is 29.6 Å². The number of phenols is 1. The Morgan fingerprint density at radius 2 is 1.98 bits per heavy atom. The molecule has 4 aliphatic rings. The molecule has 0 unspecified atom stereocenters. The lowest BCUT2D eigenvalue weighted by Crippen LogP contribution is -2.52. The summed E-state index contributed by atoms with van der Waals surface area (Å²) in [5, 5.41) is 15.4. The number of rotatable bonds is 5. The number of anilines is 1. The number of benzene rings is 2. The van der Waals surface area contributed by atoms with Crippen LogP contribution in [-0.2, 0) is 0 Å². The maximum absolute atomic E-state index is 15.1. The second-order valence-corrected chi connectivity index (χ2v) is 13.5.